The zero-order chi connectivity index (χ0) is 15.1. The second-order valence-electron chi connectivity index (χ2n) is 5.00. The summed E-state index contributed by atoms with van der Waals surface area (Å²) < 4.78 is 10.7. The van der Waals surface area contributed by atoms with Crippen molar-refractivity contribution in [2.45, 2.75) is 25.4 Å². The van der Waals surface area contributed by atoms with E-state index in [0.717, 1.165) is 25.9 Å². The van der Waals surface area contributed by atoms with Crippen LogP contribution in [-0.4, -0.2) is 43.9 Å². The fourth-order valence-corrected chi connectivity index (χ4v) is 2.24. The molecule has 1 saturated heterocycles. The first-order valence-electron chi connectivity index (χ1n) is 7.18. The van der Waals surface area contributed by atoms with Gasteiger partial charge in [-0.05, 0) is 38.1 Å². The third-order valence-corrected chi connectivity index (χ3v) is 3.45. The van der Waals surface area contributed by atoms with Gasteiger partial charge in [-0.25, -0.2) is 0 Å². The Morgan fingerprint density at radius 2 is 2.19 bits per heavy atom. The summed E-state index contributed by atoms with van der Waals surface area (Å²) in [5, 5.41) is 15.7. The fraction of sp³-hybridized carbons (Fsp3) is 0.533. The Labute approximate surface area is 124 Å². The number of ether oxygens (including phenoxy) is 2. The summed E-state index contributed by atoms with van der Waals surface area (Å²) >= 11 is 0. The molecule has 0 saturated carbocycles. The Bertz CT molecular complexity index is 473. The largest absolute Gasteiger partial charge is 0.506 e. The Hall–Kier alpha value is -1.79. The minimum absolute atomic E-state index is 0.0121. The van der Waals surface area contributed by atoms with E-state index in [1.54, 1.807) is 12.1 Å². The predicted octanol–water partition coefficient (Wildman–Crippen LogP) is 1.50. The Kier molecular flexibility index (Phi) is 5.83. The van der Waals surface area contributed by atoms with Crippen LogP contribution in [0, 0.1) is 0 Å². The van der Waals surface area contributed by atoms with Gasteiger partial charge >= 0.3 is 0 Å². The molecule has 0 aliphatic carbocycles. The van der Waals surface area contributed by atoms with E-state index in [-0.39, 0.29) is 24.2 Å². The van der Waals surface area contributed by atoms with Crippen LogP contribution < -0.4 is 15.4 Å². The highest BCUT2D eigenvalue weighted by atomic mass is 16.5. The smallest absolute Gasteiger partial charge is 0.226 e. The van der Waals surface area contributed by atoms with E-state index in [2.05, 4.69) is 10.6 Å². The summed E-state index contributed by atoms with van der Waals surface area (Å²) in [6.45, 7) is 2.33. The number of phenols is 1. The molecule has 6 heteroatoms. The number of anilines is 1. The van der Waals surface area contributed by atoms with Crippen molar-refractivity contribution >= 4 is 11.6 Å². The van der Waals surface area contributed by atoms with E-state index >= 15 is 0 Å². The number of nitrogens with one attached hydrogen (secondary N) is 2. The molecule has 3 N–H and O–H groups in total. The van der Waals surface area contributed by atoms with Crippen LogP contribution in [0.15, 0.2) is 18.2 Å². The predicted molar refractivity (Wildman–Crippen MR) is 79.7 cm³/mol. The van der Waals surface area contributed by atoms with Crippen LogP contribution in [0.1, 0.15) is 19.3 Å². The summed E-state index contributed by atoms with van der Waals surface area (Å²) in [5.41, 5.74) is 0.377. The average Bonchev–Trinajstić information content (AvgIpc) is 2.50. The normalized spacial score (nSPS) is 15.7. The molecule has 6 nitrogen and oxygen atoms in total. The summed E-state index contributed by atoms with van der Waals surface area (Å²) in [6, 6.07) is 4.75. The maximum Gasteiger partial charge on any atom is 0.226 e. The van der Waals surface area contributed by atoms with Crippen molar-refractivity contribution in [2.75, 3.05) is 32.1 Å². The second-order valence-corrected chi connectivity index (χ2v) is 5.00. The minimum Gasteiger partial charge on any atom is -0.506 e. The number of benzene rings is 1. The zero-order valence-electron chi connectivity index (χ0n) is 12.2. The van der Waals surface area contributed by atoms with Crippen LogP contribution >= 0.6 is 0 Å². The third kappa shape index (κ3) is 4.91. The fourth-order valence-electron chi connectivity index (χ4n) is 2.24. The molecular formula is C15H22N2O4. The number of hydrogen-bond acceptors (Lipinski definition) is 5. The SMILES string of the molecule is COc1ccc(NC(=O)CCOC2CCNCC2)c(O)c1. The third-order valence-electron chi connectivity index (χ3n) is 3.45. The van der Waals surface area contributed by atoms with Gasteiger partial charge < -0.3 is 25.2 Å². The number of amides is 1. The van der Waals surface area contributed by atoms with Crippen LogP contribution in [0.25, 0.3) is 0 Å². The minimum atomic E-state index is -0.176. The van der Waals surface area contributed by atoms with Gasteiger partial charge in [0, 0.05) is 6.07 Å². The molecule has 0 bridgehead atoms. The lowest BCUT2D eigenvalue weighted by molar-refractivity contribution is -0.117. The van der Waals surface area contributed by atoms with Gasteiger partial charge in [-0.3, -0.25) is 4.79 Å². The van der Waals surface area contributed by atoms with Crippen molar-refractivity contribution in [3.8, 4) is 11.5 Å². The molecule has 1 aromatic carbocycles. The molecule has 1 amide bonds. The maximum atomic E-state index is 11.8. The van der Waals surface area contributed by atoms with E-state index in [9.17, 15) is 9.90 Å². The van der Waals surface area contributed by atoms with Gasteiger partial charge in [-0.2, -0.15) is 0 Å². The monoisotopic (exact) mass is 294 g/mol. The molecule has 1 aliphatic heterocycles. The number of phenolic OH excluding ortho intramolecular Hbond substituents is 1. The molecule has 116 valence electrons. The van der Waals surface area contributed by atoms with Crippen molar-refractivity contribution < 1.29 is 19.4 Å². The van der Waals surface area contributed by atoms with Crippen molar-refractivity contribution in [1.82, 2.24) is 5.32 Å². The molecule has 21 heavy (non-hydrogen) atoms. The molecule has 1 fully saturated rings. The quantitative estimate of drug-likeness (QED) is 0.693. The number of rotatable bonds is 6. The lowest BCUT2D eigenvalue weighted by Gasteiger charge is -2.22. The highest BCUT2D eigenvalue weighted by Crippen LogP contribution is 2.27. The van der Waals surface area contributed by atoms with Crippen LogP contribution in [0.3, 0.4) is 0 Å². The van der Waals surface area contributed by atoms with Crippen molar-refractivity contribution in [2.24, 2.45) is 0 Å². The van der Waals surface area contributed by atoms with Gasteiger partial charge in [-0.15, -0.1) is 0 Å². The topological polar surface area (TPSA) is 79.8 Å². The van der Waals surface area contributed by atoms with Crippen molar-refractivity contribution in [1.29, 1.82) is 0 Å². The standard InChI is InChI=1S/C15H22N2O4/c1-20-12-2-3-13(14(18)10-12)17-15(19)6-9-21-11-4-7-16-8-5-11/h2-3,10-11,16,18H,4-9H2,1H3,(H,17,19). The van der Waals surface area contributed by atoms with E-state index < -0.39 is 0 Å². The maximum absolute atomic E-state index is 11.8. The van der Waals surface area contributed by atoms with Crippen molar-refractivity contribution in [3.63, 3.8) is 0 Å². The van der Waals surface area contributed by atoms with Gasteiger partial charge in [0.2, 0.25) is 5.91 Å². The van der Waals surface area contributed by atoms with Crippen LogP contribution in [-0.2, 0) is 9.53 Å². The number of carbonyl (C=O) groups excluding carboxylic acids is 1. The highest BCUT2D eigenvalue weighted by Gasteiger charge is 2.14. The molecule has 0 radical (unpaired) electrons. The Balaban J connectivity index is 1.73. The first-order chi connectivity index (χ1) is 10.2. The molecular weight excluding hydrogens is 272 g/mol. The van der Waals surface area contributed by atoms with Crippen LogP contribution in [0.4, 0.5) is 5.69 Å². The van der Waals surface area contributed by atoms with Crippen molar-refractivity contribution in [3.05, 3.63) is 18.2 Å². The summed E-state index contributed by atoms with van der Waals surface area (Å²) in [7, 11) is 1.52. The lowest BCUT2D eigenvalue weighted by atomic mass is 10.1. The highest BCUT2D eigenvalue weighted by molar-refractivity contribution is 5.92. The van der Waals surface area contributed by atoms with Gasteiger partial charge in [0.1, 0.15) is 11.5 Å². The first kappa shape index (κ1) is 15.6. The first-order valence-corrected chi connectivity index (χ1v) is 7.18. The van der Waals surface area contributed by atoms with Crippen LogP contribution in [0.5, 0.6) is 11.5 Å². The van der Waals surface area contributed by atoms with Gasteiger partial charge in [0.25, 0.3) is 0 Å². The number of hydrogen-bond donors (Lipinski definition) is 3. The molecule has 1 aromatic rings. The van der Waals surface area contributed by atoms with E-state index in [1.165, 1.54) is 13.2 Å². The van der Waals surface area contributed by atoms with Gasteiger partial charge in [0.15, 0.2) is 0 Å². The molecule has 0 spiro atoms. The lowest BCUT2D eigenvalue weighted by Crippen LogP contribution is -2.33. The summed E-state index contributed by atoms with van der Waals surface area (Å²) in [5.74, 6) is 0.353. The van der Waals surface area contributed by atoms with Gasteiger partial charge in [0.05, 0.1) is 31.9 Å². The van der Waals surface area contributed by atoms with E-state index in [1.807, 2.05) is 0 Å². The second kappa shape index (κ2) is 7.85. The zero-order valence-corrected chi connectivity index (χ0v) is 12.2. The molecule has 1 aliphatic rings. The Morgan fingerprint density at radius 1 is 1.43 bits per heavy atom. The van der Waals surface area contributed by atoms with E-state index in [4.69, 9.17) is 9.47 Å². The molecule has 1 heterocycles. The number of aromatic hydroxyl groups is 1. The summed E-state index contributed by atoms with van der Waals surface area (Å²) in [4.78, 5) is 11.8. The number of piperidine rings is 1. The number of carbonyl (C=O) groups is 1. The Morgan fingerprint density at radius 3 is 2.86 bits per heavy atom. The number of methoxy groups -OCH3 is 1. The van der Waals surface area contributed by atoms with Gasteiger partial charge in [-0.1, -0.05) is 0 Å². The average molecular weight is 294 g/mol. The molecule has 0 unspecified atom stereocenters. The van der Waals surface area contributed by atoms with Crippen LogP contribution in [0.2, 0.25) is 0 Å². The molecule has 0 atom stereocenters. The molecule has 2 rings (SSSR count). The summed E-state index contributed by atoms with van der Waals surface area (Å²) in [6.07, 6.45) is 2.49. The van der Waals surface area contributed by atoms with E-state index in [0.29, 0.717) is 18.0 Å². The molecule has 0 aromatic heterocycles.